The Hall–Kier alpha value is -0.261. The van der Waals surface area contributed by atoms with Crippen molar-refractivity contribution in [1.29, 1.82) is 0 Å². The first kappa shape index (κ1) is 30.1. The summed E-state index contributed by atoms with van der Waals surface area (Å²) in [7, 11) is 0. The van der Waals surface area contributed by atoms with E-state index in [2.05, 4.69) is 40.7 Å². The molecule has 0 aromatic rings. The predicted octanol–water partition coefficient (Wildman–Crippen LogP) is 3.37. The largest absolute Gasteiger partial charge is 2.00 e. The van der Waals surface area contributed by atoms with Gasteiger partial charge in [-0.05, 0) is 0 Å². The molecule has 1 atom stereocenters. The summed E-state index contributed by atoms with van der Waals surface area (Å²) in [5, 5.41) is 0. The van der Waals surface area contributed by atoms with Crippen LogP contribution in [0.25, 0.3) is 0 Å². The Bertz CT molecular complexity index is 180. The van der Waals surface area contributed by atoms with Gasteiger partial charge < -0.3 is 14.4 Å². The quantitative estimate of drug-likeness (QED) is 0.371. The van der Waals surface area contributed by atoms with Crippen molar-refractivity contribution >= 4 is 0 Å². The van der Waals surface area contributed by atoms with E-state index in [1.807, 2.05) is 0 Å². The van der Waals surface area contributed by atoms with E-state index >= 15 is 0 Å². The molecule has 3 nitrogen and oxygen atoms in total. The van der Waals surface area contributed by atoms with Gasteiger partial charge in [0, 0.05) is 0 Å². The van der Waals surface area contributed by atoms with E-state index in [-0.39, 0.29) is 24.5 Å². The average Bonchev–Trinajstić information content (AvgIpc) is 2.31. The molecule has 98 valence electrons. The third kappa shape index (κ3) is 15.7. The number of hydrogen-bond acceptors (Lipinski definition) is 0. The topological polar surface area (TPSA) is 59.7 Å². The van der Waals surface area contributed by atoms with Crippen LogP contribution in [0.4, 0.5) is 0 Å². The smallest absolute Gasteiger partial charge is 0.358 e. The molecule has 0 N–H and O–H groups in total. The van der Waals surface area contributed by atoms with Crippen LogP contribution in [0, 0.1) is 45.6 Å². The van der Waals surface area contributed by atoms with Crippen molar-refractivity contribution < 1.29 is 31.0 Å². The molecule has 1 fully saturated rings. The second-order valence-electron chi connectivity index (χ2n) is 3.93. The monoisotopic (exact) mass is 280 g/mol. The van der Waals surface area contributed by atoms with Crippen LogP contribution in [0.1, 0.15) is 39.5 Å². The number of hydrogen-bond donors (Lipinski definition) is 0. The van der Waals surface area contributed by atoms with Gasteiger partial charge >= 0.3 is 51.0 Å². The molecule has 0 aromatic carbocycles. The van der Waals surface area contributed by atoms with Gasteiger partial charge in [0.25, 0.3) is 0 Å². The minimum Gasteiger partial charge on any atom is -0.358 e. The van der Waals surface area contributed by atoms with Crippen LogP contribution in [-0.2, 0) is 31.0 Å². The predicted molar refractivity (Wildman–Crippen MR) is 59.3 cm³/mol. The van der Waals surface area contributed by atoms with Gasteiger partial charge in [-0.25, -0.2) is 0 Å². The molecular formula is C13H20FeO3. The zero-order chi connectivity index (χ0) is 12.9. The second kappa shape index (κ2) is 21.1. The summed E-state index contributed by atoms with van der Waals surface area (Å²) in [6, 6.07) is 0. The zero-order valence-electron chi connectivity index (χ0n) is 10.7. The van der Waals surface area contributed by atoms with E-state index in [4.69, 9.17) is 14.0 Å². The number of rotatable bonds is 0. The molecule has 0 amide bonds. The zero-order valence-corrected chi connectivity index (χ0v) is 11.8. The summed E-state index contributed by atoms with van der Waals surface area (Å²) < 4.78 is 22.5. The van der Waals surface area contributed by atoms with E-state index in [0.717, 1.165) is 0 Å². The first-order chi connectivity index (χ1) is 7.13. The van der Waals surface area contributed by atoms with Crippen LogP contribution in [0.3, 0.4) is 0 Å². The van der Waals surface area contributed by atoms with Crippen LogP contribution in [0.2, 0.25) is 0 Å². The van der Waals surface area contributed by atoms with E-state index in [0.29, 0.717) is 11.3 Å². The van der Waals surface area contributed by atoms with Gasteiger partial charge in [0.05, 0.1) is 0 Å². The van der Waals surface area contributed by atoms with Gasteiger partial charge in [0.15, 0.2) is 0 Å². The van der Waals surface area contributed by atoms with Crippen LogP contribution < -0.4 is 0 Å². The van der Waals surface area contributed by atoms with Crippen LogP contribution in [0.15, 0.2) is 0 Å². The molecule has 1 aliphatic carbocycles. The third-order valence-corrected chi connectivity index (χ3v) is 2.73. The van der Waals surface area contributed by atoms with Gasteiger partial charge in [0.1, 0.15) is 0 Å². The minimum absolute atomic E-state index is 0. The van der Waals surface area contributed by atoms with Crippen molar-refractivity contribution in [3.8, 4) is 0 Å². The van der Waals surface area contributed by atoms with Crippen molar-refractivity contribution in [3.05, 3.63) is 34.3 Å². The molecule has 0 spiro atoms. The maximum Gasteiger partial charge on any atom is 2.00 e. The summed E-state index contributed by atoms with van der Waals surface area (Å²) in [4.78, 5) is 0. The SMILES string of the molecule is [C-]#[O+].[C-]#[O+].[C-]#[O+].[CH2-][C@@H]1CCCCC1(C)C.[CH3-].[Fe+2]. The van der Waals surface area contributed by atoms with Crippen molar-refractivity contribution in [2.24, 2.45) is 11.3 Å². The van der Waals surface area contributed by atoms with E-state index in [1.54, 1.807) is 0 Å². The molecule has 17 heavy (non-hydrogen) atoms. The fraction of sp³-hybridized carbons (Fsp3) is 0.615. The molecule has 0 heterocycles. The average molecular weight is 280 g/mol. The minimum atomic E-state index is 0. The fourth-order valence-corrected chi connectivity index (χ4v) is 1.57. The van der Waals surface area contributed by atoms with Crippen LogP contribution >= 0.6 is 0 Å². The molecule has 1 saturated carbocycles. The first-order valence-electron chi connectivity index (χ1n) is 4.57. The maximum atomic E-state index is 7.50. The van der Waals surface area contributed by atoms with Gasteiger partial charge in [-0.1, -0.05) is 44.9 Å². The van der Waals surface area contributed by atoms with Crippen LogP contribution in [-0.4, -0.2) is 0 Å². The van der Waals surface area contributed by atoms with Gasteiger partial charge in [-0.15, -0.1) is 0 Å². The van der Waals surface area contributed by atoms with Gasteiger partial charge in [-0.3, -0.25) is 0 Å². The third-order valence-electron chi connectivity index (χ3n) is 2.73. The standard InChI is InChI=1S/C9H17.3CO.CH3.Fe/c1-8-6-4-5-7-9(8,2)3;3*1-2;;/h8H,1,4-7H2,2-3H3;;;;1H3;/q-1;;;;-1;+2/t8-;;;;;/m1...../s1. The van der Waals surface area contributed by atoms with E-state index in [1.165, 1.54) is 25.7 Å². The first-order valence-corrected chi connectivity index (χ1v) is 4.57. The summed E-state index contributed by atoms with van der Waals surface area (Å²) in [6.07, 6.45) is 5.53. The summed E-state index contributed by atoms with van der Waals surface area (Å²) in [6.45, 7) is 22.3. The molecule has 0 aromatic heterocycles. The van der Waals surface area contributed by atoms with Gasteiger partial charge in [-0.2, -0.15) is 5.92 Å². The fourth-order valence-electron chi connectivity index (χ4n) is 1.57. The van der Waals surface area contributed by atoms with Gasteiger partial charge in [0.2, 0.25) is 0 Å². The Morgan fingerprint density at radius 2 is 1.35 bits per heavy atom. The van der Waals surface area contributed by atoms with E-state index in [9.17, 15) is 0 Å². The molecule has 4 heteroatoms. The molecular weight excluding hydrogens is 260 g/mol. The van der Waals surface area contributed by atoms with Crippen molar-refractivity contribution in [3.63, 3.8) is 0 Å². The van der Waals surface area contributed by atoms with E-state index < -0.39 is 0 Å². The summed E-state index contributed by atoms with van der Waals surface area (Å²) in [5.41, 5.74) is 0.526. The molecule has 0 aliphatic heterocycles. The molecule has 0 saturated heterocycles. The van der Waals surface area contributed by atoms with Crippen molar-refractivity contribution in [2.75, 3.05) is 0 Å². The molecule has 1 rings (SSSR count). The van der Waals surface area contributed by atoms with Crippen molar-refractivity contribution in [2.45, 2.75) is 39.5 Å². The summed E-state index contributed by atoms with van der Waals surface area (Å²) >= 11 is 0. The Kier molecular flexibility index (Phi) is 37.3. The van der Waals surface area contributed by atoms with Crippen LogP contribution in [0.5, 0.6) is 0 Å². The Balaban J connectivity index is -0.0000000530. The normalized spacial score (nSPS) is 18.5. The maximum absolute atomic E-state index is 7.50. The molecule has 1 aliphatic rings. The van der Waals surface area contributed by atoms with Crippen molar-refractivity contribution in [1.82, 2.24) is 0 Å². The Morgan fingerprint density at radius 3 is 1.53 bits per heavy atom. The Labute approximate surface area is 116 Å². The Morgan fingerprint density at radius 1 is 1.00 bits per heavy atom. The molecule has 0 unspecified atom stereocenters. The summed E-state index contributed by atoms with van der Waals surface area (Å²) in [5.74, 6) is 0.700. The molecule has 0 radical (unpaired) electrons. The molecule has 0 bridgehead atoms. The second-order valence-corrected chi connectivity index (χ2v) is 3.93.